The van der Waals surface area contributed by atoms with Gasteiger partial charge in [0.1, 0.15) is 5.69 Å². The summed E-state index contributed by atoms with van der Waals surface area (Å²) in [7, 11) is 0. The topological polar surface area (TPSA) is 126 Å². The van der Waals surface area contributed by atoms with Crippen LogP contribution in [0.1, 0.15) is 21.6 Å². The number of halogens is 1. The van der Waals surface area contributed by atoms with Crippen LogP contribution in [0.3, 0.4) is 0 Å². The highest BCUT2D eigenvalue weighted by Crippen LogP contribution is 2.34. The third-order valence-corrected chi connectivity index (χ3v) is 7.26. The van der Waals surface area contributed by atoms with E-state index in [1.54, 1.807) is 6.07 Å². The Hall–Kier alpha value is -2.43. The van der Waals surface area contributed by atoms with E-state index < -0.39 is 36.2 Å². The average Bonchev–Trinajstić information content (AvgIpc) is 3.42. The number of hydrogen-bond donors (Lipinski definition) is 5. The van der Waals surface area contributed by atoms with Gasteiger partial charge in [-0.05, 0) is 25.0 Å². The second-order valence-corrected chi connectivity index (χ2v) is 9.67. The molecule has 4 atom stereocenters. The summed E-state index contributed by atoms with van der Waals surface area (Å²) >= 11 is 7.51. The molecule has 0 bridgehead atoms. The van der Waals surface area contributed by atoms with E-state index in [-0.39, 0.29) is 19.5 Å². The van der Waals surface area contributed by atoms with Crippen molar-refractivity contribution < 1.29 is 24.9 Å². The van der Waals surface area contributed by atoms with Gasteiger partial charge in [-0.3, -0.25) is 9.59 Å². The van der Waals surface area contributed by atoms with Crippen LogP contribution < -0.4 is 5.32 Å². The number of carbonyl (C=O) groups is 2. The highest BCUT2D eigenvalue weighted by Gasteiger charge is 2.38. The number of aliphatic hydroxyl groups is 3. The molecule has 3 heterocycles. The number of aromatic amines is 1. The van der Waals surface area contributed by atoms with Gasteiger partial charge in [-0.1, -0.05) is 41.9 Å². The van der Waals surface area contributed by atoms with Crippen LogP contribution in [0.25, 0.3) is 10.2 Å². The summed E-state index contributed by atoms with van der Waals surface area (Å²) in [5, 5.41) is 33.1. The van der Waals surface area contributed by atoms with E-state index in [1.165, 1.54) is 16.2 Å². The minimum atomic E-state index is -1.55. The van der Waals surface area contributed by atoms with E-state index in [0.717, 1.165) is 21.3 Å². The van der Waals surface area contributed by atoms with Crippen LogP contribution >= 0.6 is 22.9 Å². The van der Waals surface area contributed by atoms with E-state index in [9.17, 15) is 24.9 Å². The number of aromatic nitrogens is 1. The molecule has 5 N–H and O–H groups in total. The Labute approximate surface area is 193 Å². The van der Waals surface area contributed by atoms with Gasteiger partial charge >= 0.3 is 0 Å². The summed E-state index contributed by atoms with van der Waals surface area (Å²) in [6.45, 7) is 1.71. The molecule has 0 spiro atoms. The maximum absolute atomic E-state index is 13.0. The van der Waals surface area contributed by atoms with Crippen molar-refractivity contribution in [2.24, 2.45) is 0 Å². The molecule has 1 fully saturated rings. The van der Waals surface area contributed by atoms with Crippen LogP contribution in [-0.2, 0) is 11.2 Å². The molecule has 0 radical (unpaired) electrons. The van der Waals surface area contributed by atoms with Crippen molar-refractivity contribution in [3.63, 3.8) is 0 Å². The lowest BCUT2D eigenvalue weighted by Gasteiger charge is -2.27. The highest BCUT2D eigenvalue weighted by molar-refractivity contribution is 7.22. The molecule has 2 amide bonds. The number of amides is 2. The van der Waals surface area contributed by atoms with Crippen molar-refractivity contribution in [1.29, 1.82) is 0 Å². The first-order valence-electron chi connectivity index (χ1n) is 10.2. The Balaban J connectivity index is 1.55. The van der Waals surface area contributed by atoms with Crippen LogP contribution in [0.4, 0.5) is 0 Å². The zero-order chi connectivity index (χ0) is 23.0. The van der Waals surface area contributed by atoms with Crippen LogP contribution in [0, 0.1) is 6.92 Å². The van der Waals surface area contributed by atoms with Crippen LogP contribution in [-0.4, -0.2) is 74.5 Å². The van der Waals surface area contributed by atoms with E-state index in [0.29, 0.717) is 10.0 Å². The molecular formula is C22H24ClN3O5S. The molecule has 1 aliphatic heterocycles. The van der Waals surface area contributed by atoms with E-state index in [1.807, 2.05) is 37.3 Å². The molecule has 1 aliphatic rings. The fraction of sp³-hybridized carbons (Fsp3) is 0.364. The molecule has 1 saturated heterocycles. The summed E-state index contributed by atoms with van der Waals surface area (Å²) in [5.74, 6) is -1.12. The van der Waals surface area contributed by atoms with Gasteiger partial charge in [0.2, 0.25) is 0 Å². The van der Waals surface area contributed by atoms with E-state index >= 15 is 0 Å². The molecule has 0 saturated carbocycles. The molecular weight excluding hydrogens is 454 g/mol. The normalized spacial score (nSPS) is 20.5. The predicted molar refractivity (Wildman–Crippen MR) is 122 cm³/mol. The lowest BCUT2D eigenvalue weighted by molar-refractivity contribution is -0.141. The maximum atomic E-state index is 13.0. The van der Waals surface area contributed by atoms with Crippen LogP contribution in [0.2, 0.25) is 4.34 Å². The Morgan fingerprint density at radius 2 is 1.91 bits per heavy atom. The summed E-state index contributed by atoms with van der Waals surface area (Å²) in [6.07, 6.45) is -3.45. The van der Waals surface area contributed by atoms with Crippen molar-refractivity contribution >= 4 is 45.0 Å². The fourth-order valence-corrected chi connectivity index (χ4v) is 5.13. The Kier molecular flexibility index (Phi) is 6.55. The average molecular weight is 478 g/mol. The Morgan fingerprint density at radius 1 is 1.25 bits per heavy atom. The quantitative estimate of drug-likeness (QED) is 0.367. The molecule has 0 unspecified atom stereocenters. The van der Waals surface area contributed by atoms with Crippen LogP contribution in [0.5, 0.6) is 0 Å². The minimum absolute atomic E-state index is 0.0734. The SMILES string of the molecule is Cc1c(Cl)sc2cc(C(=O)N[C@@H](Cc3ccccc3)[C@@H](O)C(=O)N3C[C@@H](O)[C@@H](O)C3)[nH]c12. The van der Waals surface area contributed by atoms with Gasteiger partial charge in [0.05, 0.1) is 32.8 Å². The predicted octanol–water partition coefficient (Wildman–Crippen LogP) is 1.46. The summed E-state index contributed by atoms with van der Waals surface area (Å²) in [5.41, 5.74) is 2.77. The summed E-state index contributed by atoms with van der Waals surface area (Å²) < 4.78 is 1.49. The fourth-order valence-electron chi connectivity index (χ4n) is 3.85. The van der Waals surface area contributed by atoms with Crippen molar-refractivity contribution in [1.82, 2.24) is 15.2 Å². The zero-order valence-corrected chi connectivity index (χ0v) is 18.9. The highest BCUT2D eigenvalue weighted by atomic mass is 35.5. The number of carbonyl (C=O) groups excluding carboxylic acids is 2. The van der Waals surface area contributed by atoms with E-state index in [4.69, 9.17) is 11.6 Å². The zero-order valence-electron chi connectivity index (χ0n) is 17.3. The Bertz CT molecular complexity index is 1120. The van der Waals surface area contributed by atoms with Crippen molar-refractivity contribution in [2.75, 3.05) is 13.1 Å². The number of H-pyrrole nitrogens is 1. The summed E-state index contributed by atoms with van der Waals surface area (Å²) in [6, 6.07) is 9.98. The van der Waals surface area contributed by atoms with Crippen molar-refractivity contribution in [3.05, 3.63) is 57.6 Å². The smallest absolute Gasteiger partial charge is 0.268 e. The number of aryl methyl sites for hydroxylation is 1. The van der Waals surface area contributed by atoms with Gasteiger partial charge in [-0.15, -0.1) is 11.3 Å². The number of nitrogens with one attached hydrogen (secondary N) is 2. The van der Waals surface area contributed by atoms with Gasteiger partial charge < -0.3 is 30.5 Å². The van der Waals surface area contributed by atoms with Crippen molar-refractivity contribution in [2.45, 2.75) is 37.7 Å². The lowest BCUT2D eigenvalue weighted by atomic mass is 10.00. The number of nitrogens with zero attached hydrogens (tertiary/aromatic N) is 1. The standard InChI is InChI=1S/C22H24ClN3O5S/c1-11-18-17(32-20(11)23)8-14(24-18)21(30)25-13(7-12-5-3-2-4-6-12)19(29)22(31)26-9-15(27)16(28)10-26/h2-6,8,13,15-16,19,24,27-29H,7,9-10H2,1H3,(H,25,30)/t13-,15-,16+,19+/m0/s1. The number of likely N-dealkylation sites (tertiary alicyclic amines) is 1. The minimum Gasteiger partial charge on any atom is -0.388 e. The Morgan fingerprint density at radius 3 is 2.53 bits per heavy atom. The third kappa shape index (κ3) is 4.53. The first kappa shape index (κ1) is 22.8. The van der Waals surface area contributed by atoms with Gasteiger partial charge in [-0.25, -0.2) is 0 Å². The number of benzene rings is 1. The first-order chi connectivity index (χ1) is 15.2. The second-order valence-electron chi connectivity index (χ2n) is 8.02. The number of rotatable bonds is 6. The summed E-state index contributed by atoms with van der Waals surface area (Å²) in [4.78, 5) is 30.1. The molecule has 10 heteroatoms. The monoisotopic (exact) mass is 477 g/mol. The molecule has 0 aliphatic carbocycles. The van der Waals surface area contributed by atoms with Gasteiger partial charge in [0, 0.05) is 18.7 Å². The van der Waals surface area contributed by atoms with Gasteiger partial charge in [0.15, 0.2) is 6.10 Å². The number of hydrogen-bond acceptors (Lipinski definition) is 6. The van der Waals surface area contributed by atoms with Gasteiger partial charge in [-0.2, -0.15) is 0 Å². The maximum Gasteiger partial charge on any atom is 0.268 e. The van der Waals surface area contributed by atoms with E-state index in [2.05, 4.69) is 10.3 Å². The largest absolute Gasteiger partial charge is 0.388 e. The third-order valence-electron chi connectivity index (χ3n) is 5.72. The molecule has 8 nitrogen and oxygen atoms in total. The first-order valence-corrected chi connectivity index (χ1v) is 11.4. The van der Waals surface area contributed by atoms with Crippen molar-refractivity contribution in [3.8, 4) is 0 Å². The number of β-amino-alcohol motifs (C(OH)–C–C–N with tert-alkyl or cyclic N) is 2. The van der Waals surface area contributed by atoms with Crippen LogP contribution in [0.15, 0.2) is 36.4 Å². The molecule has 32 heavy (non-hydrogen) atoms. The molecule has 170 valence electrons. The second kappa shape index (κ2) is 9.21. The molecule has 4 rings (SSSR count). The lowest BCUT2D eigenvalue weighted by Crippen LogP contribution is -2.52. The molecule has 2 aromatic heterocycles. The number of aliphatic hydroxyl groups excluding tert-OH is 3. The molecule has 3 aromatic rings. The number of fused-ring (bicyclic) bond motifs is 1. The van der Waals surface area contributed by atoms with Gasteiger partial charge in [0.25, 0.3) is 11.8 Å². The number of thiophene rings is 1. The molecule has 1 aromatic carbocycles.